The molecule has 0 radical (unpaired) electrons. The first-order chi connectivity index (χ1) is 8.35. The normalized spacial score (nSPS) is 21.9. The minimum absolute atomic E-state index is 0.383. The monoisotopic (exact) mass is 255 g/mol. The van der Waals surface area contributed by atoms with Gasteiger partial charge >= 0.3 is 0 Å². The summed E-state index contributed by atoms with van der Waals surface area (Å²) in [5.41, 5.74) is 1.14. The van der Waals surface area contributed by atoms with E-state index in [4.69, 9.17) is 4.74 Å². The van der Waals surface area contributed by atoms with E-state index in [-0.39, 0.29) is 0 Å². The predicted molar refractivity (Wildman–Crippen MR) is 69.3 cm³/mol. The van der Waals surface area contributed by atoms with Crippen molar-refractivity contribution in [2.45, 2.75) is 51.2 Å². The van der Waals surface area contributed by atoms with Gasteiger partial charge < -0.3 is 10.1 Å². The van der Waals surface area contributed by atoms with Crippen molar-refractivity contribution in [2.75, 3.05) is 13.7 Å². The Bertz CT molecular complexity index is 336. The molecule has 0 aliphatic carbocycles. The Labute approximate surface area is 107 Å². The summed E-state index contributed by atoms with van der Waals surface area (Å²) in [4.78, 5) is 1.30. The molecule has 2 unspecified atom stereocenters. The van der Waals surface area contributed by atoms with Crippen LogP contribution in [0.15, 0.2) is 0 Å². The van der Waals surface area contributed by atoms with E-state index < -0.39 is 0 Å². The number of aryl methyl sites for hydroxylation is 1. The molecule has 0 spiro atoms. The summed E-state index contributed by atoms with van der Waals surface area (Å²) in [6.07, 6.45) is 6.11. The fraction of sp³-hybridized carbons (Fsp3) is 0.833. The SMILES string of the molecule is CCc1nnsc1C(CCC1CCCO1)NC. The second-order valence-electron chi connectivity index (χ2n) is 4.49. The molecule has 96 valence electrons. The molecule has 0 saturated carbocycles. The van der Waals surface area contributed by atoms with Crippen LogP contribution >= 0.6 is 11.5 Å². The molecule has 1 aromatic rings. The molecule has 2 heterocycles. The highest BCUT2D eigenvalue weighted by molar-refractivity contribution is 7.05. The van der Waals surface area contributed by atoms with E-state index >= 15 is 0 Å². The van der Waals surface area contributed by atoms with Gasteiger partial charge in [-0.3, -0.25) is 0 Å². The van der Waals surface area contributed by atoms with Crippen molar-refractivity contribution in [2.24, 2.45) is 0 Å². The first-order valence-corrected chi connectivity index (χ1v) is 7.22. The summed E-state index contributed by atoms with van der Waals surface area (Å²) in [6.45, 7) is 3.07. The maximum absolute atomic E-state index is 5.67. The molecule has 0 amide bonds. The van der Waals surface area contributed by atoms with Crippen molar-refractivity contribution in [3.8, 4) is 0 Å². The molecule has 2 atom stereocenters. The molecule has 5 heteroatoms. The van der Waals surface area contributed by atoms with E-state index in [0.717, 1.165) is 31.6 Å². The molecule has 1 N–H and O–H groups in total. The Kier molecular flexibility index (Phi) is 4.88. The van der Waals surface area contributed by atoms with E-state index in [1.807, 2.05) is 7.05 Å². The Balaban J connectivity index is 1.91. The van der Waals surface area contributed by atoms with Gasteiger partial charge in [0.2, 0.25) is 0 Å². The lowest BCUT2D eigenvalue weighted by Crippen LogP contribution is -2.19. The zero-order valence-corrected chi connectivity index (χ0v) is 11.4. The first-order valence-electron chi connectivity index (χ1n) is 6.45. The smallest absolute Gasteiger partial charge is 0.0800 e. The van der Waals surface area contributed by atoms with Crippen LogP contribution in [0, 0.1) is 0 Å². The lowest BCUT2D eigenvalue weighted by atomic mass is 10.0. The third-order valence-corrected chi connectivity index (χ3v) is 4.27. The zero-order valence-electron chi connectivity index (χ0n) is 10.6. The summed E-state index contributed by atoms with van der Waals surface area (Å²) >= 11 is 1.52. The minimum atomic E-state index is 0.383. The van der Waals surface area contributed by atoms with Crippen LogP contribution in [0.4, 0.5) is 0 Å². The van der Waals surface area contributed by atoms with Gasteiger partial charge in [0, 0.05) is 12.6 Å². The van der Waals surface area contributed by atoms with Crippen LogP contribution in [-0.2, 0) is 11.2 Å². The Hall–Kier alpha value is -0.520. The largest absolute Gasteiger partial charge is 0.378 e. The molecule has 0 bridgehead atoms. The second kappa shape index (κ2) is 6.42. The fourth-order valence-electron chi connectivity index (χ4n) is 2.36. The number of hydrogen-bond donors (Lipinski definition) is 1. The fourth-order valence-corrected chi connectivity index (χ4v) is 3.24. The number of ether oxygens (including phenoxy) is 1. The van der Waals surface area contributed by atoms with E-state index in [2.05, 4.69) is 21.8 Å². The van der Waals surface area contributed by atoms with Crippen LogP contribution in [-0.4, -0.2) is 29.3 Å². The molecule has 1 aliphatic heterocycles. The Morgan fingerprint density at radius 1 is 1.59 bits per heavy atom. The standard InChI is InChI=1S/C12H21N3OS/c1-3-10-12(17-15-14-10)11(13-2)7-6-9-5-4-8-16-9/h9,11,13H,3-8H2,1-2H3. The van der Waals surface area contributed by atoms with Crippen LogP contribution in [0.25, 0.3) is 0 Å². The topological polar surface area (TPSA) is 47.0 Å². The number of rotatable bonds is 6. The minimum Gasteiger partial charge on any atom is -0.378 e. The van der Waals surface area contributed by atoms with Gasteiger partial charge in [0.15, 0.2) is 0 Å². The van der Waals surface area contributed by atoms with Crippen LogP contribution < -0.4 is 5.32 Å². The third kappa shape index (κ3) is 3.24. The highest BCUT2D eigenvalue weighted by atomic mass is 32.1. The van der Waals surface area contributed by atoms with Crippen molar-refractivity contribution >= 4 is 11.5 Å². The van der Waals surface area contributed by atoms with E-state index in [1.165, 1.54) is 29.3 Å². The Morgan fingerprint density at radius 2 is 2.47 bits per heavy atom. The van der Waals surface area contributed by atoms with Gasteiger partial charge in [-0.25, -0.2) is 0 Å². The average molecular weight is 255 g/mol. The molecular weight excluding hydrogens is 234 g/mol. The summed E-state index contributed by atoms with van der Waals surface area (Å²) < 4.78 is 9.73. The quantitative estimate of drug-likeness (QED) is 0.847. The number of nitrogens with zero attached hydrogens (tertiary/aromatic N) is 2. The van der Waals surface area contributed by atoms with Gasteiger partial charge in [-0.1, -0.05) is 11.4 Å². The van der Waals surface area contributed by atoms with Gasteiger partial charge in [-0.2, -0.15) is 0 Å². The molecule has 0 aromatic carbocycles. The maximum atomic E-state index is 5.67. The molecule has 17 heavy (non-hydrogen) atoms. The van der Waals surface area contributed by atoms with Gasteiger partial charge in [-0.15, -0.1) is 5.10 Å². The number of hydrogen-bond acceptors (Lipinski definition) is 5. The van der Waals surface area contributed by atoms with Crippen LogP contribution in [0.3, 0.4) is 0 Å². The van der Waals surface area contributed by atoms with E-state index in [9.17, 15) is 0 Å². The van der Waals surface area contributed by atoms with Crippen molar-refractivity contribution in [3.63, 3.8) is 0 Å². The van der Waals surface area contributed by atoms with Crippen LogP contribution in [0.2, 0.25) is 0 Å². The van der Waals surface area contributed by atoms with Crippen molar-refractivity contribution in [1.29, 1.82) is 0 Å². The summed E-state index contributed by atoms with van der Waals surface area (Å²) in [7, 11) is 2.01. The summed E-state index contributed by atoms with van der Waals surface area (Å²) in [6, 6.07) is 0.383. The van der Waals surface area contributed by atoms with E-state index in [0.29, 0.717) is 12.1 Å². The maximum Gasteiger partial charge on any atom is 0.0800 e. The molecule has 4 nitrogen and oxygen atoms in total. The van der Waals surface area contributed by atoms with Crippen molar-refractivity contribution in [3.05, 3.63) is 10.6 Å². The third-order valence-electron chi connectivity index (χ3n) is 3.39. The van der Waals surface area contributed by atoms with Crippen LogP contribution in [0.1, 0.15) is 49.2 Å². The van der Waals surface area contributed by atoms with Crippen LogP contribution in [0.5, 0.6) is 0 Å². The number of aromatic nitrogens is 2. The van der Waals surface area contributed by atoms with Crippen molar-refractivity contribution in [1.82, 2.24) is 14.9 Å². The zero-order chi connectivity index (χ0) is 12.1. The lowest BCUT2D eigenvalue weighted by molar-refractivity contribution is 0.0999. The van der Waals surface area contributed by atoms with Crippen molar-refractivity contribution < 1.29 is 4.74 Å². The second-order valence-corrected chi connectivity index (χ2v) is 5.28. The van der Waals surface area contributed by atoms with E-state index in [1.54, 1.807) is 0 Å². The highest BCUT2D eigenvalue weighted by Gasteiger charge is 2.21. The number of nitrogens with one attached hydrogen (secondary N) is 1. The highest BCUT2D eigenvalue weighted by Crippen LogP contribution is 2.27. The predicted octanol–water partition coefficient (Wildman–Crippen LogP) is 2.32. The molecule has 1 aromatic heterocycles. The lowest BCUT2D eigenvalue weighted by Gasteiger charge is -2.17. The summed E-state index contributed by atoms with van der Waals surface area (Å²) in [5.74, 6) is 0. The molecule has 1 fully saturated rings. The molecule has 1 aliphatic rings. The molecule has 1 saturated heterocycles. The average Bonchev–Trinajstić information content (AvgIpc) is 3.00. The Morgan fingerprint density at radius 3 is 3.12 bits per heavy atom. The van der Waals surface area contributed by atoms with Gasteiger partial charge in [0.05, 0.1) is 16.7 Å². The van der Waals surface area contributed by atoms with Gasteiger partial charge in [-0.05, 0) is 50.7 Å². The molecular formula is C12H21N3OS. The van der Waals surface area contributed by atoms with Gasteiger partial charge in [0.1, 0.15) is 0 Å². The first kappa shape index (κ1) is 12.9. The molecule has 2 rings (SSSR count). The van der Waals surface area contributed by atoms with Gasteiger partial charge in [0.25, 0.3) is 0 Å². The summed E-state index contributed by atoms with van der Waals surface area (Å²) in [5, 5.41) is 7.56.